The van der Waals surface area contributed by atoms with Crippen molar-refractivity contribution in [2.45, 2.75) is 26.5 Å². The van der Waals surface area contributed by atoms with Crippen LogP contribution in [0.15, 0.2) is 24.5 Å². The van der Waals surface area contributed by atoms with E-state index in [0.29, 0.717) is 17.9 Å². The van der Waals surface area contributed by atoms with Crippen molar-refractivity contribution >= 4 is 12.2 Å². The number of nitrogens with one attached hydrogen (secondary N) is 1. The Bertz CT molecular complexity index is 547. The average molecular weight is 264 g/mol. The Labute approximate surface area is 111 Å². The molecule has 0 aliphatic heterocycles. The van der Waals surface area contributed by atoms with Crippen LogP contribution in [0, 0.1) is 4.77 Å². The van der Waals surface area contributed by atoms with Gasteiger partial charge in [-0.2, -0.15) is 5.10 Å². The van der Waals surface area contributed by atoms with Crippen LogP contribution >= 0.6 is 12.2 Å². The van der Waals surface area contributed by atoms with Gasteiger partial charge in [0.05, 0.1) is 19.3 Å². The molecule has 0 saturated carbocycles. The number of nitrogens with zero attached hydrogens (tertiary/aromatic N) is 3. The van der Waals surface area contributed by atoms with E-state index in [1.165, 1.54) is 0 Å². The lowest BCUT2D eigenvalue weighted by molar-refractivity contribution is 0.0727. The summed E-state index contributed by atoms with van der Waals surface area (Å²) in [7, 11) is 0. The van der Waals surface area contributed by atoms with Gasteiger partial charge in [0, 0.05) is 18.0 Å². The fourth-order valence-corrected chi connectivity index (χ4v) is 1.85. The van der Waals surface area contributed by atoms with Crippen molar-refractivity contribution in [2.24, 2.45) is 0 Å². The lowest BCUT2D eigenvalue weighted by atomic mass is 10.2. The molecule has 0 aromatic carbocycles. The molecule has 2 rings (SSSR count). The number of aromatic nitrogens is 4. The zero-order valence-corrected chi connectivity index (χ0v) is 11.3. The molecule has 0 spiro atoms. The van der Waals surface area contributed by atoms with Crippen LogP contribution in [-0.2, 0) is 11.3 Å². The summed E-state index contributed by atoms with van der Waals surface area (Å²) in [4.78, 5) is 3.99. The van der Waals surface area contributed by atoms with Crippen molar-refractivity contribution in [3.05, 3.63) is 29.3 Å². The van der Waals surface area contributed by atoms with E-state index in [9.17, 15) is 0 Å². The van der Waals surface area contributed by atoms with Crippen molar-refractivity contribution in [1.82, 2.24) is 19.7 Å². The van der Waals surface area contributed by atoms with Gasteiger partial charge in [-0.05, 0) is 38.2 Å². The number of H-pyrrole nitrogens is 1. The largest absolute Gasteiger partial charge is 0.377 e. The lowest BCUT2D eigenvalue weighted by Crippen LogP contribution is -2.11. The van der Waals surface area contributed by atoms with Crippen molar-refractivity contribution in [1.29, 1.82) is 0 Å². The molecule has 0 fully saturated rings. The lowest BCUT2D eigenvalue weighted by Gasteiger charge is -2.09. The van der Waals surface area contributed by atoms with Crippen LogP contribution in [0.25, 0.3) is 11.4 Å². The Morgan fingerprint density at radius 1 is 1.39 bits per heavy atom. The monoisotopic (exact) mass is 264 g/mol. The first kappa shape index (κ1) is 12.9. The van der Waals surface area contributed by atoms with Crippen LogP contribution < -0.4 is 0 Å². The van der Waals surface area contributed by atoms with Crippen molar-refractivity contribution < 1.29 is 4.74 Å². The first-order valence-corrected chi connectivity index (χ1v) is 6.26. The van der Waals surface area contributed by atoms with Gasteiger partial charge in [0.15, 0.2) is 10.6 Å². The maximum absolute atomic E-state index is 5.54. The minimum Gasteiger partial charge on any atom is -0.377 e. The Morgan fingerprint density at radius 3 is 2.78 bits per heavy atom. The standard InChI is InChI=1S/C12H16N4OS/c1-9(2)17-8-7-16-11(14-15-12(16)18)10-3-5-13-6-4-10/h3-6,9H,7-8H2,1-2H3,(H,15,18). The van der Waals surface area contributed by atoms with Crippen LogP contribution in [0.2, 0.25) is 0 Å². The van der Waals surface area contributed by atoms with Gasteiger partial charge in [-0.15, -0.1) is 0 Å². The van der Waals surface area contributed by atoms with E-state index >= 15 is 0 Å². The summed E-state index contributed by atoms with van der Waals surface area (Å²) in [6.45, 7) is 5.32. The quantitative estimate of drug-likeness (QED) is 0.843. The highest BCUT2D eigenvalue weighted by Gasteiger charge is 2.08. The normalized spacial score (nSPS) is 11.1. The summed E-state index contributed by atoms with van der Waals surface area (Å²) in [5, 5.41) is 7.06. The summed E-state index contributed by atoms with van der Waals surface area (Å²) in [5.74, 6) is 0.815. The number of hydrogen-bond donors (Lipinski definition) is 1. The third kappa shape index (κ3) is 3.02. The molecule has 6 heteroatoms. The molecular weight excluding hydrogens is 248 g/mol. The summed E-state index contributed by atoms with van der Waals surface area (Å²) >= 11 is 5.23. The molecule has 5 nitrogen and oxygen atoms in total. The maximum atomic E-state index is 5.54. The summed E-state index contributed by atoms with van der Waals surface area (Å²) in [6, 6.07) is 3.81. The molecule has 2 heterocycles. The molecule has 0 bridgehead atoms. The molecule has 0 aliphatic rings. The molecule has 2 aromatic rings. The second-order valence-corrected chi connectivity index (χ2v) is 4.55. The summed E-state index contributed by atoms with van der Waals surface area (Å²) in [6.07, 6.45) is 3.69. The van der Waals surface area contributed by atoms with Gasteiger partial charge in [0.1, 0.15) is 0 Å². The van der Waals surface area contributed by atoms with Crippen LogP contribution in [-0.4, -0.2) is 32.5 Å². The Hall–Kier alpha value is -1.53. The fraction of sp³-hybridized carbons (Fsp3) is 0.417. The second kappa shape index (κ2) is 5.88. The number of pyridine rings is 1. The number of rotatable bonds is 5. The van der Waals surface area contributed by atoms with Gasteiger partial charge in [-0.25, -0.2) is 0 Å². The van der Waals surface area contributed by atoms with E-state index in [2.05, 4.69) is 15.2 Å². The Morgan fingerprint density at radius 2 is 2.11 bits per heavy atom. The predicted octanol–water partition coefficient (Wildman–Crippen LogP) is 2.43. The van der Waals surface area contributed by atoms with E-state index in [1.54, 1.807) is 12.4 Å². The molecule has 0 atom stereocenters. The van der Waals surface area contributed by atoms with Crippen LogP contribution in [0.3, 0.4) is 0 Å². The van der Waals surface area contributed by atoms with Gasteiger partial charge in [0.25, 0.3) is 0 Å². The molecule has 0 aliphatic carbocycles. The molecule has 0 saturated heterocycles. The van der Waals surface area contributed by atoms with E-state index in [-0.39, 0.29) is 6.10 Å². The third-order valence-corrected chi connectivity index (χ3v) is 2.77. The van der Waals surface area contributed by atoms with Crippen molar-refractivity contribution in [3.8, 4) is 11.4 Å². The smallest absolute Gasteiger partial charge is 0.195 e. The fourth-order valence-electron chi connectivity index (χ4n) is 1.63. The van der Waals surface area contributed by atoms with Crippen molar-refractivity contribution in [3.63, 3.8) is 0 Å². The molecule has 96 valence electrons. The van der Waals surface area contributed by atoms with Gasteiger partial charge < -0.3 is 4.74 Å². The van der Waals surface area contributed by atoms with E-state index in [0.717, 1.165) is 11.4 Å². The Balaban J connectivity index is 2.20. The van der Waals surface area contributed by atoms with Crippen LogP contribution in [0.4, 0.5) is 0 Å². The third-order valence-electron chi connectivity index (χ3n) is 2.46. The minimum absolute atomic E-state index is 0.218. The van der Waals surface area contributed by atoms with Crippen LogP contribution in [0.1, 0.15) is 13.8 Å². The Kier molecular flexibility index (Phi) is 4.22. The number of hydrogen-bond acceptors (Lipinski definition) is 4. The van der Waals surface area contributed by atoms with E-state index in [1.807, 2.05) is 30.5 Å². The molecule has 0 unspecified atom stereocenters. The second-order valence-electron chi connectivity index (χ2n) is 4.16. The minimum atomic E-state index is 0.218. The first-order chi connectivity index (χ1) is 8.68. The average Bonchev–Trinajstić information content (AvgIpc) is 2.72. The molecule has 18 heavy (non-hydrogen) atoms. The topological polar surface area (TPSA) is 55.7 Å². The number of ether oxygens (including phenoxy) is 1. The first-order valence-electron chi connectivity index (χ1n) is 5.85. The highest BCUT2D eigenvalue weighted by Crippen LogP contribution is 2.15. The highest BCUT2D eigenvalue weighted by atomic mass is 32.1. The molecule has 0 radical (unpaired) electrons. The van der Waals surface area contributed by atoms with Gasteiger partial charge in [-0.1, -0.05) is 0 Å². The van der Waals surface area contributed by atoms with Gasteiger partial charge in [0.2, 0.25) is 0 Å². The highest BCUT2D eigenvalue weighted by molar-refractivity contribution is 7.71. The van der Waals surface area contributed by atoms with Gasteiger partial charge >= 0.3 is 0 Å². The number of aromatic amines is 1. The molecule has 1 N–H and O–H groups in total. The van der Waals surface area contributed by atoms with E-state index in [4.69, 9.17) is 17.0 Å². The van der Waals surface area contributed by atoms with Crippen molar-refractivity contribution in [2.75, 3.05) is 6.61 Å². The maximum Gasteiger partial charge on any atom is 0.195 e. The zero-order valence-electron chi connectivity index (χ0n) is 10.5. The van der Waals surface area contributed by atoms with Crippen LogP contribution in [0.5, 0.6) is 0 Å². The van der Waals surface area contributed by atoms with E-state index < -0.39 is 0 Å². The summed E-state index contributed by atoms with van der Waals surface area (Å²) < 4.78 is 8.08. The molecule has 0 amide bonds. The predicted molar refractivity (Wildman–Crippen MR) is 71.7 cm³/mol. The zero-order chi connectivity index (χ0) is 13.0. The summed E-state index contributed by atoms with van der Waals surface area (Å²) in [5.41, 5.74) is 0.988. The SMILES string of the molecule is CC(C)OCCn1c(-c2ccncc2)n[nH]c1=S. The molecule has 2 aromatic heterocycles. The van der Waals surface area contributed by atoms with Gasteiger partial charge in [-0.3, -0.25) is 14.6 Å². The molecular formula is C12H16N4OS.